The molecule has 1 amide bonds. The maximum atomic E-state index is 12.0. The third kappa shape index (κ3) is 3.79. The minimum atomic E-state index is -1.24. The van der Waals surface area contributed by atoms with Crippen LogP contribution in [0.2, 0.25) is 0 Å². The molecule has 1 atom stereocenters. The van der Waals surface area contributed by atoms with Gasteiger partial charge in [0, 0.05) is 26.2 Å². The summed E-state index contributed by atoms with van der Waals surface area (Å²) in [4.78, 5) is 25.4. The standard InChI is InChI=1S/C14H19N3O3/c15-12(13(18)17-8-6-16-7-9-17)14(19)20-10-11-4-2-1-3-5-11/h1-5,12,16H,6-10,15H2. The second-order valence-corrected chi connectivity index (χ2v) is 4.65. The van der Waals surface area contributed by atoms with Crippen molar-refractivity contribution in [3.05, 3.63) is 35.9 Å². The molecular weight excluding hydrogens is 258 g/mol. The summed E-state index contributed by atoms with van der Waals surface area (Å²) in [5, 5.41) is 3.13. The topological polar surface area (TPSA) is 84.7 Å². The summed E-state index contributed by atoms with van der Waals surface area (Å²) in [6, 6.07) is 8.04. The number of ether oxygens (including phenoxy) is 1. The van der Waals surface area contributed by atoms with Crippen LogP contribution in [0.15, 0.2) is 30.3 Å². The molecule has 1 aliphatic heterocycles. The molecule has 0 aromatic heterocycles. The van der Waals surface area contributed by atoms with E-state index in [1.54, 1.807) is 4.90 Å². The molecule has 0 saturated carbocycles. The quantitative estimate of drug-likeness (QED) is 0.572. The van der Waals surface area contributed by atoms with Crippen LogP contribution >= 0.6 is 0 Å². The summed E-state index contributed by atoms with van der Waals surface area (Å²) >= 11 is 0. The number of nitrogens with zero attached hydrogens (tertiary/aromatic N) is 1. The monoisotopic (exact) mass is 277 g/mol. The first-order valence-corrected chi connectivity index (χ1v) is 6.64. The summed E-state index contributed by atoms with van der Waals surface area (Å²) in [5.41, 5.74) is 6.53. The van der Waals surface area contributed by atoms with Crippen LogP contribution in [0.1, 0.15) is 5.56 Å². The minimum absolute atomic E-state index is 0.127. The third-order valence-electron chi connectivity index (χ3n) is 3.17. The van der Waals surface area contributed by atoms with E-state index in [1.807, 2.05) is 30.3 Å². The highest BCUT2D eigenvalue weighted by molar-refractivity contribution is 6.01. The van der Waals surface area contributed by atoms with Crippen molar-refractivity contribution >= 4 is 11.9 Å². The molecule has 1 unspecified atom stereocenters. The van der Waals surface area contributed by atoms with E-state index in [4.69, 9.17) is 10.5 Å². The Hall–Kier alpha value is -1.92. The highest BCUT2D eigenvalue weighted by Crippen LogP contribution is 2.03. The van der Waals surface area contributed by atoms with E-state index >= 15 is 0 Å². The van der Waals surface area contributed by atoms with Gasteiger partial charge in [-0.05, 0) is 5.56 Å². The molecule has 3 N–H and O–H groups in total. The Bertz CT molecular complexity index is 458. The van der Waals surface area contributed by atoms with Crippen molar-refractivity contribution in [2.45, 2.75) is 12.6 Å². The summed E-state index contributed by atoms with van der Waals surface area (Å²) < 4.78 is 5.07. The van der Waals surface area contributed by atoms with Gasteiger partial charge in [-0.3, -0.25) is 4.79 Å². The van der Waals surface area contributed by atoms with Crippen LogP contribution < -0.4 is 11.1 Å². The normalized spacial score (nSPS) is 16.6. The smallest absolute Gasteiger partial charge is 0.333 e. The maximum Gasteiger partial charge on any atom is 0.333 e. The highest BCUT2D eigenvalue weighted by Gasteiger charge is 2.29. The molecule has 2 rings (SSSR count). The van der Waals surface area contributed by atoms with E-state index in [2.05, 4.69) is 5.32 Å². The lowest BCUT2D eigenvalue weighted by molar-refractivity contribution is -0.152. The minimum Gasteiger partial charge on any atom is -0.459 e. The predicted molar refractivity (Wildman–Crippen MR) is 73.7 cm³/mol. The second-order valence-electron chi connectivity index (χ2n) is 4.65. The van der Waals surface area contributed by atoms with Crippen molar-refractivity contribution in [2.75, 3.05) is 26.2 Å². The van der Waals surface area contributed by atoms with Gasteiger partial charge in [-0.15, -0.1) is 0 Å². The van der Waals surface area contributed by atoms with Crippen LogP contribution in [0.25, 0.3) is 0 Å². The van der Waals surface area contributed by atoms with Gasteiger partial charge in [-0.25, -0.2) is 4.79 Å². The Morgan fingerprint density at radius 2 is 1.90 bits per heavy atom. The molecule has 1 fully saturated rings. The van der Waals surface area contributed by atoms with Gasteiger partial charge >= 0.3 is 5.97 Å². The number of hydrogen-bond acceptors (Lipinski definition) is 5. The van der Waals surface area contributed by atoms with E-state index in [0.717, 1.165) is 18.7 Å². The van der Waals surface area contributed by atoms with Crippen LogP contribution in [0, 0.1) is 0 Å². The number of nitrogens with one attached hydrogen (secondary N) is 1. The summed E-state index contributed by atoms with van der Waals surface area (Å²) in [6.45, 7) is 2.70. The van der Waals surface area contributed by atoms with Gasteiger partial charge in [0.25, 0.3) is 5.91 Å². The molecule has 0 radical (unpaired) electrons. The number of hydrogen-bond donors (Lipinski definition) is 2. The largest absolute Gasteiger partial charge is 0.459 e. The van der Waals surface area contributed by atoms with E-state index in [0.29, 0.717) is 13.1 Å². The Morgan fingerprint density at radius 3 is 2.55 bits per heavy atom. The lowest BCUT2D eigenvalue weighted by Gasteiger charge is -2.29. The fraction of sp³-hybridized carbons (Fsp3) is 0.429. The molecule has 0 bridgehead atoms. The number of rotatable bonds is 4. The van der Waals surface area contributed by atoms with Gasteiger partial charge in [-0.2, -0.15) is 0 Å². The first kappa shape index (κ1) is 14.5. The van der Waals surface area contributed by atoms with Gasteiger partial charge in [0.2, 0.25) is 0 Å². The molecule has 20 heavy (non-hydrogen) atoms. The molecule has 1 saturated heterocycles. The number of benzene rings is 1. The Morgan fingerprint density at radius 1 is 1.25 bits per heavy atom. The lowest BCUT2D eigenvalue weighted by atomic mass is 10.2. The molecule has 1 aliphatic rings. The first-order valence-electron chi connectivity index (χ1n) is 6.64. The van der Waals surface area contributed by atoms with Crippen molar-refractivity contribution in [2.24, 2.45) is 5.73 Å². The molecule has 0 aliphatic carbocycles. The van der Waals surface area contributed by atoms with E-state index in [9.17, 15) is 9.59 Å². The maximum absolute atomic E-state index is 12.0. The number of nitrogens with two attached hydrogens (primary N) is 1. The molecule has 108 valence electrons. The van der Waals surface area contributed by atoms with Gasteiger partial charge in [0.1, 0.15) is 6.61 Å². The Kier molecular flexibility index (Phi) is 5.09. The molecule has 1 aromatic rings. The van der Waals surface area contributed by atoms with Gasteiger partial charge in [-0.1, -0.05) is 30.3 Å². The SMILES string of the molecule is NC(C(=O)OCc1ccccc1)C(=O)N1CCNCC1. The zero-order valence-corrected chi connectivity index (χ0v) is 11.2. The fourth-order valence-electron chi connectivity index (χ4n) is 2.00. The number of esters is 1. The van der Waals surface area contributed by atoms with Crippen LogP contribution in [-0.2, 0) is 20.9 Å². The number of carbonyl (C=O) groups excluding carboxylic acids is 2. The van der Waals surface area contributed by atoms with E-state index in [-0.39, 0.29) is 12.5 Å². The van der Waals surface area contributed by atoms with Crippen LogP contribution in [-0.4, -0.2) is 49.0 Å². The van der Waals surface area contributed by atoms with Crippen molar-refractivity contribution in [3.8, 4) is 0 Å². The van der Waals surface area contributed by atoms with E-state index in [1.165, 1.54) is 0 Å². The lowest BCUT2D eigenvalue weighted by Crippen LogP contribution is -2.54. The van der Waals surface area contributed by atoms with Crippen LogP contribution in [0.3, 0.4) is 0 Å². The first-order chi connectivity index (χ1) is 9.68. The average Bonchev–Trinajstić information content (AvgIpc) is 2.53. The van der Waals surface area contributed by atoms with Crippen molar-refractivity contribution in [1.29, 1.82) is 0 Å². The zero-order valence-electron chi connectivity index (χ0n) is 11.2. The van der Waals surface area contributed by atoms with Crippen molar-refractivity contribution < 1.29 is 14.3 Å². The summed E-state index contributed by atoms with van der Waals surface area (Å²) in [7, 11) is 0. The summed E-state index contributed by atoms with van der Waals surface area (Å²) in [6.07, 6.45) is 0. The molecule has 6 heteroatoms. The zero-order chi connectivity index (χ0) is 14.4. The number of carbonyl (C=O) groups is 2. The fourth-order valence-corrected chi connectivity index (χ4v) is 2.00. The highest BCUT2D eigenvalue weighted by atomic mass is 16.5. The second kappa shape index (κ2) is 7.02. The van der Waals surface area contributed by atoms with Gasteiger partial charge in [0.05, 0.1) is 0 Å². The predicted octanol–water partition coefficient (Wildman–Crippen LogP) is -0.511. The van der Waals surface area contributed by atoms with Crippen LogP contribution in [0.4, 0.5) is 0 Å². The average molecular weight is 277 g/mol. The Labute approximate surface area is 117 Å². The van der Waals surface area contributed by atoms with Crippen LogP contribution in [0.5, 0.6) is 0 Å². The number of amides is 1. The number of piperazine rings is 1. The van der Waals surface area contributed by atoms with Gasteiger partial charge in [0.15, 0.2) is 6.04 Å². The molecular formula is C14H19N3O3. The molecule has 6 nitrogen and oxygen atoms in total. The molecule has 0 spiro atoms. The third-order valence-corrected chi connectivity index (χ3v) is 3.17. The van der Waals surface area contributed by atoms with E-state index < -0.39 is 12.0 Å². The Balaban J connectivity index is 1.83. The molecule has 1 heterocycles. The summed E-state index contributed by atoms with van der Waals surface area (Å²) in [5.74, 6) is -1.05. The van der Waals surface area contributed by atoms with Crippen molar-refractivity contribution in [1.82, 2.24) is 10.2 Å². The van der Waals surface area contributed by atoms with Gasteiger partial charge < -0.3 is 20.7 Å². The molecule has 1 aromatic carbocycles. The van der Waals surface area contributed by atoms with Crippen molar-refractivity contribution in [3.63, 3.8) is 0 Å².